The van der Waals surface area contributed by atoms with Crippen LogP contribution < -0.4 is 0 Å². The van der Waals surface area contributed by atoms with Crippen molar-refractivity contribution in [1.29, 1.82) is 0 Å². The number of carbonyl (C=O) groups excluding carboxylic acids is 1. The van der Waals surface area contributed by atoms with E-state index in [2.05, 4.69) is 42.7 Å². The molecule has 0 amide bonds. The van der Waals surface area contributed by atoms with Gasteiger partial charge >= 0.3 is 5.97 Å². The van der Waals surface area contributed by atoms with Crippen LogP contribution in [0.2, 0.25) is 0 Å². The Hall–Kier alpha value is -1.91. The number of carbonyl (C=O) groups is 1. The van der Waals surface area contributed by atoms with Crippen molar-refractivity contribution in [2.24, 2.45) is 5.92 Å². The maximum Gasteiger partial charge on any atom is 0.333 e. The predicted molar refractivity (Wildman–Crippen MR) is 138 cm³/mol. The summed E-state index contributed by atoms with van der Waals surface area (Å²) in [6.45, 7) is 1.07. The second-order valence-corrected chi connectivity index (χ2v) is 8.96. The third-order valence-corrected chi connectivity index (χ3v) is 6.76. The third kappa shape index (κ3) is 6.82. The maximum absolute atomic E-state index is 12.2. The number of rotatable bonds is 10. The van der Waals surface area contributed by atoms with E-state index >= 15 is 0 Å². The van der Waals surface area contributed by atoms with Gasteiger partial charge in [0.25, 0.3) is 0 Å². The molecule has 0 aliphatic carbocycles. The Kier molecular flexibility index (Phi) is 9.41. The molecule has 0 saturated carbocycles. The second kappa shape index (κ2) is 12.7. The Morgan fingerprint density at radius 3 is 2.21 bits per heavy atom. The zero-order valence-electron chi connectivity index (χ0n) is 18.9. The average Bonchev–Trinajstić information content (AvgIpc) is 3.46. The molecule has 2 fully saturated rings. The van der Waals surface area contributed by atoms with Gasteiger partial charge in [-0.05, 0) is 40.7 Å². The summed E-state index contributed by atoms with van der Waals surface area (Å²) < 4.78 is 16.9. The highest BCUT2D eigenvalue weighted by molar-refractivity contribution is 7.15. The van der Waals surface area contributed by atoms with Crippen molar-refractivity contribution in [2.45, 2.75) is 30.8 Å². The molecule has 0 radical (unpaired) electrons. The highest BCUT2D eigenvalue weighted by atomic mass is 31.0. The Morgan fingerprint density at radius 1 is 0.912 bits per heavy atom. The van der Waals surface area contributed by atoms with E-state index in [1.165, 1.54) is 17.2 Å². The first-order chi connectivity index (χ1) is 16.7. The monoisotopic (exact) mass is 500 g/mol. The molecular formula is C26H30O6P2. The Balaban J connectivity index is 1.18. The summed E-state index contributed by atoms with van der Waals surface area (Å²) >= 11 is 0. The lowest BCUT2D eigenvalue weighted by atomic mass is 10.0. The maximum atomic E-state index is 12.2. The van der Waals surface area contributed by atoms with E-state index in [1.807, 2.05) is 36.4 Å². The van der Waals surface area contributed by atoms with Gasteiger partial charge in [0.05, 0.1) is 13.2 Å². The molecule has 34 heavy (non-hydrogen) atoms. The van der Waals surface area contributed by atoms with Gasteiger partial charge in [-0.1, -0.05) is 60.7 Å². The molecule has 6 nitrogen and oxygen atoms in total. The summed E-state index contributed by atoms with van der Waals surface area (Å²) in [5, 5.41) is 0. The van der Waals surface area contributed by atoms with Gasteiger partial charge in [-0.15, -0.1) is 18.5 Å². The third-order valence-electron chi connectivity index (χ3n) is 5.81. The number of fused-ring (bicyclic) bond motifs is 1. The van der Waals surface area contributed by atoms with Gasteiger partial charge in [-0.25, -0.2) is 14.6 Å². The number of hydrogen-bond donors (Lipinski definition) is 0. The summed E-state index contributed by atoms with van der Waals surface area (Å²) in [5.74, 6) is -0.523. The molecule has 2 aromatic rings. The van der Waals surface area contributed by atoms with Crippen molar-refractivity contribution < 1.29 is 28.8 Å². The molecule has 8 heteroatoms. The molecule has 2 aliphatic heterocycles. The van der Waals surface area contributed by atoms with Crippen molar-refractivity contribution in [3.05, 3.63) is 82.9 Å². The molecule has 6 atom stereocenters. The van der Waals surface area contributed by atoms with E-state index in [0.717, 1.165) is 23.5 Å². The fourth-order valence-electron chi connectivity index (χ4n) is 3.85. The van der Waals surface area contributed by atoms with E-state index in [9.17, 15) is 4.79 Å². The van der Waals surface area contributed by atoms with Gasteiger partial charge in [-0.2, -0.15) is 0 Å². The van der Waals surface area contributed by atoms with E-state index in [4.69, 9.17) is 24.0 Å². The van der Waals surface area contributed by atoms with Crippen molar-refractivity contribution in [2.75, 3.05) is 19.8 Å². The minimum Gasteiger partial charge on any atom is -0.430 e. The van der Waals surface area contributed by atoms with Crippen LogP contribution in [0.3, 0.4) is 0 Å². The van der Waals surface area contributed by atoms with Gasteiger partial charge in [-0.3, -0.25) is 0 Å². The number of benzene rings is 2. The van der Waals surface area contributed by atoms with E-state index in [0.29, 0.717) is 19.8 Å². The van der Waals surface area contributed by atoms with E-state index < -0.39 is 12.3 Å². The molecule has 2 aliphatic rings. The average molecular weight is 500 g/mol. The Labute approximate surface area is 205 Å². The minimum absolute atomic E-state index is 0.0512. The topological polar surface area (TPSA) is 63.2 Å². The lowest BCUT2D eigenvalue weighted by Crippen LogP contribution is -2.31. The molecule has 0 spiro atoms. The fourth-order valence-corrected chi connectivity index (χ4v) is 4.39. The zero-order valence-corrected chi connectivity index (χ0v) is 21.2. The molecule has 2 saturated heterocycles. The molecule has 2 aromatic carbocycles. The molecule has 2 unspecified atom stereocenters. The van der Waals surface area contributed by atoms with Gasteiger partial charge < -0.3 is 14.2 Å². The van der Waals surface area contributed by atoms with E-state index in [1.54, 1.807) is 6.08 Å². The van der Waals surface area contributed by atoms with Crippen LogP contribution in [0.25, 0.3) is 12.2 Å². The SMILES string of the molecule is O=C(/C=C\c1ccc(CP)cc1)O[C@@H]1OC[C@H]2[C@@H]1OC[C@@H]2OOC/C=C/c1ccc(CP)cc1. The van der Waals surface area contributed by atoms with E-state index in [-0.39, 0.29) is 18.1 Å². The van der Waals surface area contributed by atoms with Gasteiger partial charge in [0.1, 0.15) is 18.8 Å². The Morgan fingerprint density at radius 2 is 1.56 bits per heavy atom. The van der Waals surface area contributed by atoms with Crippen LogP contribution in [0, 0.1) is 5.92 Å². The van der Waals surface area contributed by atoms with Crippen LogP contribution in [-0.2, 0) is 41.1 Å². The molecule has 2 heterocycles. The molecule has 0 aromatic heterocycles. The largest absolute Gasteiger partial charge is 0.430 e. The lowest BCUT2D eigenvalue weighted by molar-refractivity contribution is -0.322. The summed E-state index contributed by atoms with van der Waals surface area (Å²) in [6.07, 6.45) is 7.48. The van der Waals surface area contributed by atoms with Crippen molar-refractivity contribution >= 4 is 36.6 Å². The summed E-state index contributed by atoms with van der Waals surface area (Å²) in [6, 6.07) is 16.3. The van der Waals surface area contributed by atoms with Crippen LogP contribution in [0.5, 0.6) is 0 Å². The van der Waals surface area contributed by atoms with Crippen LogP contribution in [-0.4, -0.2) is 44.3 Å². The minimum atomic E-state index is -0.750. The smallest absolute Gasteiger partial charge is 0.333 e. The second-order valence-electron chi connectivity index (χ2n) is 8.15. The van der Waals surface area contributed by atoms with Crippen molar-refractivity contribution in [1.82, 2.24) is 0 Å². The summed E-state index contributed by atoms with van der Waals surface area (Å²) in [7, 11) is 5.40. The van der Waals surface area contributed by atoms with Crippen molar-refractivity contribution in [3.8, 4) is 0 Å². The number of esters is 1. The molecule has 4 rings (SSSR count). The molecule has 180 valence electrons. The molecule has 0 bridgehead atoms. The first kappa shape index (κ1) is 25.2. The van der Waals surface area contributed by atoms with Gasteiger partial charge in [0, 0.05) is 12.0 Å². The summed E-state index contributed by atoms with van der Waals surface area (Å²) in [4.78, 5) is 23.2. The normalized spacial score (nSPS) is 24.2. The standard InChI is InChI=1S/C26H30O6P2/c27-24(12-11-19-5-9-21(17-34)10-6-19)31-26-25-22(14-29-26)23(15-28-25)32-30-13-1-2-18-3-7-20(16-33)8-4-18/h1-12,22-23,25-26H,13-17,33-34H2/b2-1+,12-11-/t22-,23+,25+,26+/m1/s1. The lowest BCUT2D eigenvalue weighted by Gasteiger charge is -2.16. The first-order valence-electron chi connectivity index (χ1n) is 11.3. The highest BCUT2D eigenvalue weighted by Crippen LogP contribution is 2.34. The van der Waals surface area contributed by atoms with Crippen LogP contribution in [0.1, 0.15) is 22.3 Å². The van der Waals surface area contributed by atoms with Crippen LogP contribution in [0.4, 0.5) is 0 Å². The van der Waals surface area contributed by atoms with Crippen LogP contribution in [0.15, 0.2) is 60.7 Å². The fraction of sp³-hybridized carbons (Fsp3) is 0.346. The zero-order chi connectivity index (χ0) is 23.8. The number of ether oxygens (including phenoxy) is 3. The summed E-state index contributed by atoms with van der Waals surface area (Å²) in [5.41, 5.74) is 4.52. The quantitative estimate of drug-likeness (QED) is 0.120. The van der Waals surface area contributed by atoms with Crippen LogP contribution >= 0.6 is 18.5 Å². The van der Waals surface area contributed by atoms with Crippen molar-refractivity contribution in [3.63, 3.8) is 0 Å². The van der Waals surface area contributed by atoms with Gasteiger partial charge in [0.15, 0.2) is 0 Å². The highest BCUT2D eigenvalue weighted by Gasteiger charge is 2.50. The molecule has 0 N–H and O–H groups in total. The predicted octanol–water partition coefficient (Wildman–Crippen LogP) is 4.39. The van der Waals surface area contributed by atoms with Gasteiger partial charge in [0.2, 0.25) is 6.29 Å². The molecular weight excluding hydrogens is 470 g/mol. The number of hydrogen-bond acceptors (Lipinski definition) is 6. The first-order valence-corrected chi connectivity index (χ1v) is 12.9. The Bertz CT molecular complexity index is 989.